The normalized spacial score (nSPS) is 21.3. The molecule has 0 bridgehead atoms. The molecule has 0 aromatic carbocycles. The van der Waals surface area contributed by atoms with Crippen LogP contribution in [0.1, 0.15) is 97.3 Å². The number of hydrogen-bond donors (Lipinski definition) is 1. The Labute approximate surface area is 159 Å². The highest BCUT2D eigenvalue weighted by atomic mass is 16.5. The minimum absolute atomic E-state index is 0.104. The van der Waals surface area contributed by atoms with Crippen LogP contribution in [0.25, 0.3) is 0 Å². The number of aliphatic hydroxyl groups excluding tert-OH is 1. The second-order valence-corrected chi connectivity index (χ2v) is 7.45. The molecule has 0 amide bonds. The summed E-state index contributed by atoms with van der Waals surface area (Å²) in [6.45, 7) is 4.43. The molecule has 1 aliphatic rings. The Kier molecular flexibility index (Phi) is 12.3. The molecule has 1 saturated carbocycles. The number of aliphatic hydroxyl groups is 1. The summed E-state index contributed by atoms with van der Waals surface area (Å²) < 4.78 is 4.93. The highest BCUT2D eigenvalue weighted by Gasteiger charge is 2.29. The maximum Gasteiger partial charge on any atom is 0.305 e. The van der Waals surface area contributed by atoms with Gasteiger partial charge >= 0.3 is 5.97 Å². The van der Waals surface area contributed by atoms with E-state index in [2.05, 4.69) is 13.0 Å². The van der Waals surface area contributed by atoms with E-state index < -0.39 is 0 Å². The number of ketones is 1. The molecule has 1 N–H and O–H groups in total. The van der Waals surface area contributed by atoms with Gasteiger partial charge < -0.3 is 9.84 Å². The number of allylic oxidation sites excluding steroid dienone is 1. The topological polar surface area (TPSA) is 63.6 Å². The number of hydrogen-bond acceptors (Lipinski definition) is 4. The molecular formula is C22H38O4. The van der Waals surface area contributed by atoms with E-state index in [0.717, 1.165) is 64.2 Å². The Morgan fingerprint density at radius 2 is 1.81 bits per heavy atom. The first-order valence-corrected chi connectivity index (χ1v) is 10.6. The van der Waals surface area contributed by atoms with Gasteiger partial charge in [-0.25, -0.2) is 0 Å². The number of ether oxygens (including phenoxy) is 1. The molecule has 150 valence electrons. The van der Waals surface area contributed by atoms with Gasteiger partial charge in [0.25, 0.3) is 0 Å². The summed E-state index contributed by atoms with van der Waals surface area (Å²) in [7, 11) is 0. The summed E-state index contributed by atoms with van der Waals surface area (Å²) in [6.07, 6.45) is 13.6. The quantitative estimate of drug-likeness (QED) is 0.263. The number of carbonyl (C=O) groups excluding carboxylic acids is 2. The Hall–Kier alpha value is -1.16. The van der Waals surface area contributed by atoms with Crippen LogP contribution in [-0.4, -0.2) is 29.6 Å². The second kappa shape index (κ2) is 14.0. The third kappa shape index (κ3) is 9.51. The van der Waals surface area contributed by atoms with Gasteiger partial charge in [0.15, 0.2) is 0 Å². The van der Waals surface area contributed by atoms with Crippen molar-refractivity contribution in [1.29, 1.82) is 0 Å². The van der Waals surface area contributed by atoms with Gasteiger partial charge in [-0.05, 0) is 39.0 Å². The number of Topliss-reactive ketones (excluding diaryl/α,β-unsaturated/α-hetero) is 1. The predicted molar refractivity (Wildman–Crippen MR) is 105 cm³/mol. The van der Waals surface area contributed by atoms with Gasteiger partial charge in [-0.3, -0.25) is 9.59 Å². The average molecular weight is 367 g/mol. The van der Waals surface area contributed by atoms with E-state index in [4.69, 9.17) is 4.74 Å². The molecule has 4 heteroatoms. The van der Waals surface area contributed by atoms with Crippen molar-refractivity contribution >= 4 is 11.8 Å². The third-order valence-corrected chi connectivity index (χ3v) is 5.27. The molecule has 0 aromatic heterocycles. The van der Waals surface area contributed by atoms with Gasteiger partial charge in [-0.15, -0.1) is 0 Å². The van der Waals surface area contributed by atoms with Crippen LogP contribution in [-0.2, 0) is 14.3 Å². The Morgan fingerprint density at radius 1 is 1.08 bits per heavy atom. The van der Waals surface area contributed by atoms with Crippen LogP contribution in [0.4, 0.5) is 0 Å². The Bertz CT molecular complexity index is 441. The molecule has 0 radical (unpaired) electrons. The average Bonchev–Trinajstić information content (AvgIpc) is 2.96. The van der Waals surface area contributed by atoms with Gasteiger partial charge in [-0.1, -0.05) is 50.7 Å². The van der Waals surface area contributed by atoms with E-state index in [1.807, 2.05) is 6.92 Å². The van der Waals surface area contributed by atoms with E-state index in [1.165, 1.54) is 5.57 Å². The lowest BCUT2D eigenvalue weighted by Crippen LogP contribution is -2.14. The molecule has 0 aliphatic heterocycles. The maximum atomic E-state index is 12.0. The first-order valence-electron chi connectivity index (χ1n) is 10.6. The molecular weight excluding hydrogens is 328 g/mol. The summed E-state index contributed by atoms with van der Waals surface area (Å²) in [5.41, 5.74) is 1.29. The Balaban J connectivity index is 2.25. The van der Waals surface area contributed by atoms with Crippen LogP contribution in [0.2, 0.25) is 0 Å². The monoisotopic (exact) mass is 366 g/mol. The van der Waals surface area contributed by atoms with Crippen molar-refractivity contribution in [1.82, 2.24) is 0 Å². The van der Waals surface area contributed by atoms with Crippen molar-refractivity contribution < 1.29 is 19.4 Å². The van der Waals surface area contributed by atoms with E-state index in [1.54, 1.807) is 0 Å². The molecule has 4 nitrogen and oxygen atoms in total. The lowest BCUT2D eigenvalue weighted by molar-refractivity contribution is -0.143. The number of unbranched alkanes of at least 4 members (excludes halogenated alkanes) is 5. The zero-order valence-corrected chi connectivity index (χ0v) is 16.8. The van der Waals surface area contributed by atoms with Crippen molar-refractivity contribution in [2.75, 3.05) is 6.61 Å². The molecule has 0 heterocycles. The third-order valence-electron chi connectivity index (χ3n) is 5.27. The Morgan fingerprint density at radius 3 is 2.54 bits per heavy atom. The van der Waals surface area contributed by atoms with Crippen molar-refractivity contribution in [2.24, 2.45) is 5.92 Å². The molecule has 1 aliphatic carbocycles. The fourth-order valence-corrected chi connectivity index (χ4v) is 3.72. The summed E-state index contributed by atoms with van der Waals surface area (Å²) in [5.74, 6) is 0.445. The fraction of sp³-hybridized carbons (Fsp3) is 0.818. The summed E-state index contributed by atoms with van der Waals surface area (Å²) in [4.78, 5) is 23.2. The van der Waals surface area contributed by atoms with E-state index >= 15 is 0 Å². The largest absolute Gasteiger partial charge is 0.466 e. The van der Waals surface area contributed by atoms with Gasteiger partial charge in [0.2, 0.25) is 0 Å². The SMILES string of the molecule is CCCCCC(=O)CC=C1CC[C@@H](O)[C@@H]1CCCCCCC(=O)OCC. The van der Waals surface area contributed by atoms with E-state index in [9.17, 15) is 14.7 Å². The second-order valence-electron chi connectivity index (χ2n) is 7.45. The lowest BCUT2D eigenvalue weighted by atomic mass is 9.92. The highest BCUT2D eigenvalue weighted by Crippen LogP contribution is 2.35. The molecule has 1 fully saturated rings. The van der Waals surface area contributed by atoms with Gasteiger partial charge in [0, 0.05) is 25.2 Å². The van der Waals surface area contributed by atoms with E-state index in [-0.39, 0.29) is 18.0 Å². The van der Waals surface area contributed by atoms with Gasteiger partial charge in [-0.2, -0.15) is 0 Å². The van der Waals surface area contributed by atoms with Crippen LogP contribution in [0, 0.1) is 5.92 Å². The standard InChI is InChI=1S/C22H38O4/c1-3-5-8-11-19(23)16-14-18-15-17-21(24)20(18)12-9-6-7-10-13-22(25)26-4-2/h14,20-21,24H,3-13,15-17H2,1-2H3/t20-,21-/m1/s1. The van der Waals surface area contributed by atoms with Crippen molar-refractivity contribution in [3.05, 3.63) is 11.6 Å². The van der Waals surface area contributed by atoms with Crippen LogP contribution >= 0.6 is 0 Å². The minimum atomic E-state index is -0.254. The van der Waals surface area contributed by atoms with Crippen molar-refractivity contribution in [3.8, 4) is 0 Å². The minimum Gasteiger partial charge on any atom is -0.466 e. The van der Waals surface area contributed by atoms with Gasteiger partial charge in [0.05, 0.1) is 12.7 Å². The molecule has 0 saturated heterocycles. The molecule has 1 rings (SSSR count). The summed E-state index contributed by atoms with van der Waals surface area (Å²) in [5, 5.41) is 10.2. The molecule has 0 aromatic rings. The summed E-state index contributed by atoms with van der Waals surface area (Å²) >= 11 is 0. The lowest BCUT2D eigenvalue weighted by Gasteiger charge is -2.16. The zero-order chi connectivity index (χ0) is 19.2. The first-order chi connectivity index (χ1) is 12.6. The van der Waals surface area contributed by atoms with Gasteiger partial charge in [0.1, 0.15) is 5.78 Å². The van der Waals surface area contributed by atoms with Crippen molar-refractivity contribution in [3.63, 3.8) is 0 Å². The predicted octanol–water partition coefficient (Wildman–Crippen LogP) is 5.13. The first kappa shape index (κ1) is 22.9. The summed E-state index contributed by atoms with van der Waals surface area (Å²) in [6, 6.07) is 0. The number of rotatable bonds is 14. The smallest absolute Gasteiger partial charge is 0.305 e. The molecule has 0 spiro atoms. The van der Waals surface area contributed by atoms with Crippen LogP contribution in [0.15, 0.2) is 11.6 Å². The zero-order valence-electron chi connectivity index (χ0n) is 16.8. The van der Waals surface area contributed by atoms with Crippen LogP contribution in [0.5, 0.6) is 0 Å². The molecule has 26 heavy (non-hydrogen) atoms. The van der Waals surface area contributed by atoms with E-state index in [0.29, 0.717) is 31.7 Å². The highest BCUT2D eigenvalue weighted by molar-refractivity contribution is 5.79. The molecule has 0 unspecified atom stereocenters. The van der Waals surface area contributed by atoms with Crippen LogP contribution < -0.4 is 0 Å². The molecule has 2 atom stereocenters. The number of carbonyl (C=O) groups is 2. The maximum absolute atomic E-state index is 12.0. The number of esters is 1. The van der Waals surface area contributed by atoms with Crippen molar-refractivity contribution in [2.45, 2.75) is 103 Å². The fourth-order valence-electron chi connectivity index (χ4n) is 3.72. The van der Waals surface area contributed by atoms with Crippen LogP contribution in [0.3, 0.4) is 0 Å².